The molecule has 4 nitrogen and oxygen atoms in total. The van der Waals surface area contributed by atoms with E-state index in [1.807, 2.05) is 12.1 Å². The summed E-state index contributed by atoms with van der Waals surface area (Å²) in [6, 6.07) is 15.8. The van der Waals surface area contributed by atoms with E-state index in [1.54, 1.807) is 53.2 Å². The minimum atomic E-state index is -0.402. The lowest BCUT2D eigenvalue weighted by Crippen LogP contribution is -2.08. The van der Waals surface area contributed by atoms with Gasteiger partial charge < -0.3 is 4.74 Å². The summed E-state index contributed by atoms with van der Waals surface area (Å²) < 4.78 is 6.90. The maximum atomic E-state index is 12.0. The Morgan fingerprint density at radius 3 is 2.48 bits per heavy atom. The molecule has 0 aliphatic rings. The van der Waals surface area contributed by atoms with Crippen LogP contribution >= 0.6 is 0 Å². The molecular weight excluding hydrogens is 266 g/mol. The van der Waals surface area contributed by atoms with Gasteiger partial charge in [-0.05, 0) is 36.4 Å². The van der Waals surface area contributed by atoms with Crippen LogP contribution in [0.1, 0.15) is 22.1 Å². The molecule has 1 heterocycles. The normalized spacial score (nSPS) is 10.5. The molecule has 4 heteroatoms. The monoisotopic (exact) mass is 279 g/mol. The first kappa shape index (κ1) is 13.1. The number of rotatable bonds is 2. The summed E-state index contributed by atoms with van der Waals surface area (Å²) in [4.78, 5) is 23.4. The lowest BCUT2D eigenvalue weighted by Gasteiger charge is -2.05. The van der Waals surface area contributed by atoms with Crippen molar-refractivity contribution >= 4 is 22.8 Å². The molecule has 0 N–H and O–H groups in total. The molecule has 2 aromatic carbocycles. The fourth-order valence-corrected chi connectivity index (χ4v) is 2.20. The molecule has 0 fully saturated rings. The van der Waals surface area contributed by atoms with Gasteiger partial charge in [0.15, 0.2) is 0 Å². The highest BCUT2D eigenvalue weighted by Gasteiger charge is 2.10. The fourth-order valence-electron chi connectivity index (χ4n) is 2.20. The Labute approximate surface area is 121 Å². The van der Waals surface area contributed by atoms with E-state index in [1.165, 1.54) is 6.92 Å². The highest BCUT2D eigenvalue weighted by molar-refractivity contribution is 5.94. The van der Waals surface area contributed by atoms with Gasteiger partial charge in [0.25, 0.3) is 0 Å². The quantitative estimate of drug-likeness (QED) is 0.532. The summed E-state index contributed by atoms with van der Waals surface area (Å²) in [6.07, 6.45) is 1.70. The first-order chi connectivity index (χ1) is 10.1. The molecule has 0 amide bonds. The Balaban J connectivity index is 1.89. The highest BCUT2D eigenvalue weighted by Crippen LogP contribution is 2.22. The fraction of sp³-hybridized carbons (Fsp3) is 0.0588. The Bertz CT molecular complexity index is 818. The van der Waals surface area contributed by atoms with Gasteiger partial charge in [-0.15, -0.1) is 0 Å². The van der Waals surface area contributed by atoms with Gasteiger partial charge in [-0.3, -0.25) is 9.36 Å². The van der Waals surface area contributed by atoms with Crippen LogP contribution in [-0.4, -0.2) is 16.4 Å². The van der Waals surface area contributed by atoms with Crippen molar-refractivity contribution in [3.63, 3.8) is 0 Å². The number of hydrogen-bond donors (Lipinski definition) is 0. The highest BCUT2D eigenvalue weighted by atomic mass is 16.5. The van der Waals surface area contributed by atoms with E-state index in [4.69, 9.17) is 4.74 Å². The molecule has 3 aromatic rings. The van der Waals surface area contributed by atoms with Gasteiger partial charge >= 0.3 is 5.97 Å². The second kappa shape index (κ2) is 5.25. The molecule has 0 aliphatic carbocycles. The van der Waals surface area contributed by atoms with Crippen LogP contribution in [0.5, 0.6) is 5.75 Å². The lowest BCUT2D eigenvalue weighted by atomic mass is 10.2. The van der Waals surface area contributed by atoms with Crippen molar-refractivity contribution in [1.82, 2.24) is 4.57 Å². The van der Waals surface area contributed by atoms with E-state index in [0.717, 1.165) is 10.9 Å². The van der Waals surface area contributed by atoms with Crippen LogP contribution in [0.4, 0.5) is 0 Å². The van der Waals surface area contributed by atoms with E-state index in [-0.39, 0.29) is 5.91 Å². The Morgan fingerprint density at radius 2 is 1.76 bits per heavy atom. The van der Waals surface area contributed by atoms with E-state index >= 15 is 0 Å². The Kier molecular flexibility index (Phi) is 3.28. The third-order valence-electron chi connectivity index (χ3n) is 3.22. The van der Waals surface area contributed by atoms with Crippen molar-refractivity contribution < 1.29 is 14.3 Å². The maximum absolute atomic E-state index is 12.0. The first-order valence-electron chi connectivity index (χ1n) is 6.54. The smallest absolute Gasteiger partial charge is 0.343 e. The molecule has 3 rings (SSSR count). The predicted molar refractivity (Wildman–Crippen MR) is 79.6 cm³/mol. The van der Waals surface area contributed by atoms with Crippen molar-refractivity contribution in [1.29, 1.82) is 0 Å². The maximum Gasteiger partial charge on any atom is 0.343 e. The molecule has 0 spiro atoms. The molecule has 0 aliphatic heterocycles. The second-order valence-corrected chi connectivity index (χ2v) is 4.68. The minimum absolute atomic E-state index is 0.0565. The number of benzene rings is 2. The van der Waals surface area contributed by atoms with Crippen LogP contribution in [-0.2, 0) is 0 Å². The third kappa shape index (κ3) is 2.56. The average molecular weight is 279 g/mol. The Morgan fingerprint density at radius 1 is 1.00 bits per heavy atom. The predicted octanol–water partition coefficient (Wildman–Crippen LogP) is 3.52. The molecule has 0 radical (unpaired) electrons. The number of ether oxygens (including phenoxy) is 1. The molecule has 0 saturated heterocycles. The van der Waals surface area contributed by atoms with Crippen molar-refractivity contribution in [3.05, 3.63) is 66.4 Å². The SMILES string of the molecule is CC(=O)n1ccc2cc(OC(=O)c3ccccc3)ccc21. The lowest BCUT2D eigenvalue weighted by molar-refractivity contribution is 0.0734. The summed E-state index contributed by atoms with van der Waals surface area (Å²) in [7, 11) is 0. The van der Waals surface area contributed by atoms with E-state index in [9.17, 15) is 9.59 Å². The number of carbonyl (C=O) groups is 2. The molecule has 0 saturated carbocycles. The third-order valence-corrected chi connectivity index (χ3v) is 3.22. The molecular formula is C17H13NO3. The summed E-state index contributed by atoms with van der Waals surface area (Å²) in [5, 5.41) is 0.851. The van der Waals surface area contributed by atoms with Crippen molar-refractivity contribution in [3.8, 4) is 5.75 Å². The number of fused-ring (bicyclic) bond motifs is 1. The summed E-state index contributed by atoms with van der Waals surface area (Å²) in [5.74, 6) is -0.00219. The molecule has 1 aromatic heterocycles. The van der Waals surface area contributed by atoms with Gasteiger partial charge in [0.2, 0.25) is 5.91 Å². The summed E-state index contributed by atoms with van der Waals surface area (Å²) in [5.41, 5.74) is 1.29. The molecule has 0 atom stereocenters. The molecule has 0 bridgehead atoms. The second-order valence-electron chi connectivity index (χ2n) is 4.68. The van der Waals surface area contributed by atoms with E-state index < -0.39 is 5.97 Å². The van der Waals surface area contributed by atoms with Crippen molar-refractivity contribution in [2.24, 2.45) is 0 Å². The van der Waals surface area contributed by atoms with Crippen LogP contribution in [0.25, 0.3) is 10.9 Å². The number of nitrogens with zero attached hydrogens (tertiary/aromatic N) is 1. The zero-order valence-corrected chi connectivity index (χ0v) is 11.4. The molecule has 21 heavy (non-hydrogen) atoms. The summed E-state index contributed by atoms with van der Waals surface area (Å²) in [6.45, 7) is 1.50. The Hall–Kier alpha value is -2.88. The van der Waals surface area contributed by atoms with Crippen LogP contribution in [0.3, 0.4) is 0 Å². The average Bonchev–Trinajstić information content (AvgIpc) is 2.91. The van der Waals surface area contributed by atoms with Crippen LogP contribution in [0.2, 0.25) is 0 Å². The van der Waals surface area contributed by atoms with Gasteiger partial charge in [0.1, 0.15) is 5.75 Å². The standard InChI is InChI=1S/C17H13NO3/c1-12(19)18-10-9-14-11-15(7-8-16(14)18)21-17(20)13-5-3-2-4-6-13/h2-11H,1H3. The van der Waals surface area contributed by atoms with Gasteiger partial charge in [-0.1, -0.05) is 18.2 Å². The molecule has 0 unspecified atom stereocenters. The van der Waals surface area contributed by atoms with Crippen LogP contribution in [0, 0.1) is 0 Å². The molecule has 104 valence electrons. The number of esters is 1. The topological polar surface area (TPSA) is 48.3 Å². The number of hydrogen-bond acceptors (Lipinski definition) is 3. The van der Waals surface area contributed by atoms with Gasteiger partial charge in [0, 0.05) is 18.5 Å². The largest absolute Gasteiger partial charge is 0.423 e. The summed E-state index contributed by atoms with van der Waals surface area (Å²) >= 11 is 0. The van der Waals surface area contributed by atoms with E-state index in [0.29, 0.717) is 11.3 Å². The number of carbonyl (C=O) groups excluding carboxylic acids is 2. The van der Waals surface area contributed by atoms with Crippen LogP contribution < -0.4 is 4.74 Å². The minimum Gasteiger partial charge on any atom is -0.423 e. The van der Waals surface area contributed by atoms with Crippen molar-refractivity contribution in [2.75, 3.05) is 0 Å². The van der Waals surface area contributed by atoms with Gasteiger partial charge in [-0.25, -0.2) is 4.79 Å². The van der Waals surface area contributed by atoms with E-state index in [2.05, 4.69) is 0 Å². The first-order valence-corrected chi connectivity index (χ1v) is 6.54. The van der Waals surface area contributed by atoms with Gasteiger partial charge in [0.05, 0.1) is 11.1 Å². The zero-order chi connectivity index (χ0) is 14.8. The zero-order valence-electron chi connectivity index (χ0n) is 11.4. The van der Waals surface area contributed by atoms with Gasteiger partial charge in [-0.2, -0.15) is 0 Å². The van der Waals surface area contributed by atoms with Crippen molar-refractivity contribution in [2.45, 2.75) is 6.92 Å². The number of aromatic nitrogens is 1. The van der Waals surface area contributed by atoms with Crippen LogP contribution in [0.15, 0.2) is 60.8 Å².